The Balaban J connectivity index is 0.00000272. The topological polar surface area (TPSA) is 84.9 Å². The monoisotopic (exact) mass is 528 g/mol. The average molecular weight is 528 g/mol. The molecule has 0 aliphatic heterocycles. The maximum atomic E-state index is 4.33. The molecule has 0 bridgehead atoms. The molecule has 0 saturated heterocycles. The Hall–Kier alpha value is -3.21. The predicted octanol–water partition coefficient (Wildman–Crippen LogP) is 3.00. The zero-order chi connectivity index (χ0) is 20.6. The van der Waals surface area contributed by atoms with Crippen molar-refractivity contribution in [1.82, 2.24) is 35.2 Å². The lowest BCUT2D eigenvalue weighted by molar-refractivity contribution is 0.677. The maximum absolute atomic E-state index is 4.33. The van der Waals surface area contributed by atoms with Crippen molar-refractivity contribution in [2.45, 2.75) is 19.6 Å². The molecule has 0 radical (unpaired) electrons. The van der Waals surface area contributed by atoms with Crippen LogP contribution in [-0.4, -0.2) is 37.6 Å². The number of aliphatic imine (C=N–C) groups is 1. The highest BCUT2D eigenvalue weighted by molar-refractivity contribution is 14.0. The van der Waals surface area contributed by atoms with Crippen molar-refractivity contribution in [2.75, 3.05) is 7.05 Å². The summed E-state index contributed by atoms with van der Waals surface area (Å²) in [5.41, 5.74) is 3.44. The molecule has 0 unspecified atom stereocenters. The van der Waals surface area contributed by atoms with Crippen LogP contribution in [0.15, 0.2) is 84.4 Å². The minimum atomic E-state index is 0. The van der Waals surface area contributed by atoms with E-state index in [1.807, 2.05) is 64.0 Å². The lowest BCUT2D eigenvalue weighted by atomic mass is 10.1. The van der Waals surface area contributed by atoms with Crippen molar-refractivity contribution in [3.05, 3.63) is 96.3 Å². The second-order valence-corrected chi connectivity index (χ2v) is 6.70. The van der Waals surface area contributed by atoms with Gasteiger partial charge in [-0.1, -0.05) is 42.5 Å². The molecule has 0 aliphatic carbocycles. The molecule has 0 spiro atoms. The Bertz CT molecular complexity index is 1090. The summed E-state index contributed by atoms with van der Waals surface area (Å²) >= 11 is 0. The highest BCUT2D eigenvalue weighted by Gasteiger charge is 2.08. The van der Waals surface area contributed by atoms with E-state index in [9.17, 15) is 0 Å². The van der Waals surface area contributed by atoms with Crippen LogP contribution in [0.25, 0.3) is 5.69 Å². The predicted molar refractivity (Wildman–Crippen MR) is 132 cm³/mol. The van der Waals surface area contributed by atoms with Crippen molar-refractivity contribution in [2.24, 2.45) is 4.99 Å². The SMILES string of the molecule is CN=C(NCc1ccccc1Cn1cccn1)NCc1nncn1-c1ccccc1.I. The summed E-state index contributed by atoms with van der Waals surface area (Å²) in [5, 5.41) is 19.3. The molecule has 0 amide bonds. The third-order valence-corrected chi connectivity index (χ3v) is 4.75. The molecule has 0 atom stereocenters. The van der Waals surface area contributed by atoms with E-state index >= 15 is 0 Å². The molecule has 8 nitrogen and oxygen atoms in total. The van der Waals surface area contributed by atoms with Crippen LogP contribution in [0.4, 0.5) is 0 Å². The Morgan fingerprint density at radius 1 is 0.935 bits per heavy atom. The van der Waals surface area contributed by atoms with Crippen molar-refractivity contribution in [1.29, 1.82) is 0 Å². The van der Waals surface area contributed by atoms with Gasteiger partial charge >= 0.3 is 0 Å². The molecule has 31 heavy (non-hydrogen) atoms. The third kappa shape index (κ3) is 5.91. The normalized spacial score (nSPS) is 11.1. The first-order valence-corrected chi connectivity index (χ1v) is 9.76. The van der Waals surface area contributed by atoms with E-state index in [1.165, 1.54) is 11.1 Å². The zero-order valence-corrected chi connectivity index (χ0v) is 19.5. The highest BCUT2D eigenvalue weighted by Crippen LogP contribution is 2.11. The average Bonchev–Trinajstić information content (AvgIpc) is 3.47. The number of guanidine groups is 1. The lowest BCUT2D eigenvalue weighted by Crippen LogP contribution is -2.37. The van der Waals surface area contributed by atoms with Crippen molar-refractivity contribution in [3.63, 3.8) is 0 Å². The summed E-state index contributed by atoms with van der Waals surface area (Å²) in [7, 11) is 1.76. The Kier molecular flexibility index (Phi) is 8.16. The summed E-state index contributed by atoms with van der Waals surface area (Å²) in [6.45, 7) is 1.89. The van der Waals surface area contributed by atoms with Crippen LogP contribution in [0, 0.1) is 0 Å². The number of rotatable bonds is 7. The molecule has 0 aliphatic rings. The summed E-state index contributed by atoms with van der Waals surface area (Å²) in [6, 6.07) is 20.3. The smallest absolute Gasteiger partial charge is 0.191 e. The van der Waals surface area contributed by atoms with E-state index in [1.54, 1.807) is 19.6 Å². The van der Waals surface area contributed by atoms with Gasteiger partial charge in [0.1, 0.15) is 6.33 Å². The molecular formula is C22H25IN8. The Morgan fingerprint density at radius 3 is 2.42 bits per heavy atom. The van der Waals surface area contributed by atoms with Gasteiger partial charge in [0.25, 0.3) is 0 Å². The van der Waals surface area contributed by atoms with Gasteiger partial charge in [-0.15, -0.1) is 34.2 Å². The van der Waals surface area contributed by atoms with Gasteiger partial charge in [0, 0.05) is 31.7 Å². The zero-order valence-electron chi connectivity index (χ0n) is 17.2. The van der Waals surface area contributed by atoms with Gasteiger partial charge in [-0.05, 0) is 29.3 Å². The molecule has 9 heteroatoms. The van der Waals surface area contributed by atoms with Gasteiger partial charge in [-0.2, -0.15) is 5.10 Å². The number of benzene rings is 2. The molecule has 4 aromatic rings. The molecule has 160 valence electrons. The fourth-order valence-corrected chi connectivity index (χ4v) is 3.20. The van der Waals surface area contributed by atoms with Crippen LogP contribution in [0.2, 0.25) is 0 Å². The van der Waals surface area contributed by atoms with Gasteiger partial charge < -0.3 is 10.6 Å². The molecule has 0 fully saturated rings. The van der Waals surface area contributed by atoms with E-state index in [0.717, 1.165) is 18.1 Å². The fraction of sp³-hybridized carbons (Fsp3) is 0.182. The number of hydrogen-bond donors (Lipinski definition) is 2. The highest BCUT2D eigenvalue weighted by atomic mass is 127. The number of hydrogen-bond acceptors (Lipinski definition) is 4. The van der Waals surface area contributed by atoms with E-state index in [2.05, 4.69) is 43.1 Å². The summed E-state index contributed by atoms with van der Waals surface area (Å²) < 4.78 is 3.88. The van der Waals surface area contributed by atoms with Crippen LogP contribution in [-0.2, 0) is 19.6 Å². The number of halogens is 1. The standard InChI is InChI=1S/C22H24N8.HI/c1-23-22(25-15-21-28-26-17-30(21)20-10-3-2-4-11-20)24-14-18-8-5-6-9-19(18)16-29-13-7-12-27-29;/h2-13,17H,14-16H2,1H3,(H2,23,24,25);1H. The number of aromatic nitrogens is 5. The number of para-hydroxylation sites is 1. The first kappa shape index (κ1) is 22.5. The van der Waals surface area contributed by atoms with E-state index in [0.29, 0.717) is 19.0 Å². The first-order chi connectivity index (χ1) is 14.8. The lowest BCUT2D eigenvalue weighted by Gasteiger charge is -2.14. The van der Waals surface area contributed by atoms with E-state index in [4.69, 9.17) is 0 Å². The largest absolute Gasteiger partial charge is 0.352 e. The second kappa shape index (κ2) is 11.3. The quantitative estimate of drug-likeness (QED) is 0.219. The Labute approximate surface area is 198 Å². The van der Waals surface area contributed by atoms with E-state index < -0.39 is 0 Å². The van der Waals surface area contributed by atoms with Gasteiger partial charge in [0.2, 0.25) is 0 Å². The van der Waals surface area contributed by atoms with Gasteiger partial charge in [-0.25, -0.2) is 0 Å². The Morgan fingerprint density at radius 2 is 1.68 bits per heavy atom. The van der Waals surface area contributed by atoms with Crippen LogP contribution in [0.1, 0.15) is 17.0 Å². The maximum Gasteiger partial charge on any atom is 0.191 e. The summed E-state index contributed by atoms with van der Waals surface area (Å²) in [6.07, 6.45) is 5.47. The third-order valence-electron chi connectivity index (χ3n) is 4.75. The van der Waals surface area contributed by atoms with Crippen LogP contribution >= 0.6 is 24.0 Å². The van der Waals surface area contributed by atoms with Crippen LogP contribution in [0.5, 0.6) is 0 Å². The van der Waals surface area contributed by atoms with Crippen LogP contribution in [0.3, 0.4) is 0 Å². The second-order valence-electron chi connectivity index (χ2n) is 6.70. The van der Waals surface area contributed by atoms with Gasteiger partial charge in [-0.3, -0.25) is 14.2 Å². The molecular weight excluding hydrogens is 503 g/mol. The molecule has 4 rings (SSSR count). The van der Waals surface area contributed by atoms with Gasteiger partial charge in [0.15, 0.2) is 11.8 Å². The molecule has 2 aromatic heterocycles. The van der Waals surface area contributed by atoms with Crippen molar-refractivity contribution in [3.8, 4) is 5.69 Å². The summed E-state index contributed by atoms with van der Waals surface area (Å²) in [5.74, 6) is 1.51. The number of nitrogens with one attached hydrogen (secondary N) is 2. The van der Waals surface area contributed by atoms with Crippen molar-refractivity contribution < 1.29 is 0 Å². The summed E-state index contributed by atoms with van der Waals surface area (Å²) in [4.78, 5) is 4.33. The van der Waals surface area contributed by atoms with E-state index in [-0.39, 0.29) is 24.0 Å². The minimum Gasteiger partial charge on any atom is -0.352 e. The minimum absolute atomic E-state index is 0. The fourth-order valence-electron chi connectivity index (χ4n) is 3.20. The van der Waals surface area contributed by atoms with Crippen LogP contribution < -0.4 is 10.6 Å². The van der Waals surface area contributed by atoms with Gasteiger partial charge in [0.05, 0.1) is 13.1 Å². The number of nitrogens with zero attached hydrogens (tertiary/aromatic N) is 6. The first-order valence-electron chi connectivity index (χ1n) is 9.76. The molecule has 0 saturated carbocycles. The molecule has 2 aromatic carbocycles. The molecule has 2 N–H and O–H groups in total. The molecule has 2 heterocycles. The van der Waals surface area contributed by atoms with Crippen molar-refractivity contribution >= 4 is 29.9 Å².